The van der Waals surface area contributed by atoms with Gasteiger partial charge in [0.15, 0.2) is 10.5 Å². The highest BCUT2D eigenvalue weighted by Crippen LogP contribution is 2.25. The Labute approximate surface area is 148 Å². The molecular weight excluding hydrogens is 378 g/mol. The lowest BCUT2D eigenvalue weighted by Gasteiger charge is -2.23. The minimum Gasteiger partial charge on any atom is -0.289 e. The monoisotopic (exact) mass is 391 g/mol. The van der Waals surface area contributed by atoms with Crippen LogP contribution in [-0.4, -0.2) is 23.4 Å². The van der Waals surface area contributed by atoms with Crippen LogP contribution in [0.5, 0.6) is 0 Å². The molecule has 2 aromatic rings. The summed E-state index contributed by atoms with van der Waals surface area (Å²) < 4.78 is 0.108. The van der Waals surface area contributed by atoms with Crippen LogP contribution >= 0.6 is 27.5 Å². The third-order valence-corrected chi connectivity index (χ3v) is 3.95. The smallest absolute Gasteiger partial charge is 0.195 e. The van der Waals surface area contributed by atoms with Gasteiger partial charge >= 0.3 is 0 Å². The first-order chi connectivity index (χ1) is 11.0. The van der Waals surface area contributed by atoms with E-state index in [0.29, 0.717) is 27.7 Å². The summed E-state index contributed by atoms with van der Waals surface area (Å²) in [5, 5.41) is 8.50. The molecule has 0 aromatic heterocycles. The molecule has 0 aliphatic heterocycles. The predicted octanol–water partition coefficient (Wildman–Crippen LogP) is 4.76. The molecule has 0 atom stereocenters. The molecule has 0 fully saturated rings. The third kappa shape index (κ3) is 3.86. The van der Waals surface area contributed by atoms with E-state index in [-0.39, 0.29) is 10.5 Å². The van der Waals surface area contributed by atoms with Gasteiger partial charge in [-0.2, -0.15) is 0 Å². The maximum absolute atomic E-state index is 12.8. The molecule has 4 nitrogen and oxygen atoms in total. The second kappa shape index (κ2) is 7.53. The molecule has 0 unspecified atom stereocenters. The molecule has 0 heterocycles. The fourth-order valence-corrected chi connectivity index (χ4v) is 2.71. The highest BCUT2D eigenvalue weighted by atomic mass is 79.9. The van der Waals surface area contributed by atoms with Gasteiger partial charge in [0.25, 0.3) is 0 Å². The molecule has 0 bridgehead atoms. The Morgan fingerprint density at radius 1 is 1.17 bits per heavy atom. The van der Waals surface area contributed by atoms with Crippen LogP contribution in [0.3, 0.4) is 0 Å². The Bertz CT molecular complexity index is 772. The van der Waals surface area contributed by atoms with Crippen LogP contribution in [-0.2, 0) is 0 Å². The van der Waals surface area contributed by atoms with Gasteiger partial charge in [-0.15, -0.1) is 0 Å². The van der Waals surface area contributed by atoms with Crippen LogP contribution in [0.1, 0.15) is 22.8 Å². The van der Waals surface area contributed by atoms with E-state index in [1.54, 1.807) is 61.3 Å². The van der Waals surface area contributed by atoms with Crippen LogP contribution in [0, 0.1) is 5.41 Å². The van der Waals surface area contributed by atoms with Crippen LogP contribution in [0.4, 0.5) is 5.69 Å². The summed E-state index contributed by atoms with van der Waals surface area (Å²) in [5.74, 6) is 0.461. The average Bonchev–Trinajstić information content (AvgIpc) is 2.55. The van der Waals surface area contributed by atoms with Gasteiger partial charge < -0.3 is 0 Å². The highest BCUT2D eigenvalue weighted by molar-refractivity contribution is 9.18. The van der Waals surface area contributed by atoms with Crippen molar-refractivity contribution in [3.63, 3.8) is 0 Å². The fraction of sp³-hybridized carbons (Fsp3) is 0.118. The SMILES string of the molecule is CN=C(C)N(C(=N)Br)c1ccccc1C(=O)c1ccc(Cl)cc1. The van der Waals surface area contributed by atoms with E-state index in [2.05, 4.69) is 20.9 Å². The van der Waals surface area contributed by atoms with E-state index >= 15 is 0 Å². The fourth-order valence-electron chi connectivity index (χ4n) is 2.14. The van der Waals surface area contributed by atoms with Crippen molar-refractivity contribution < 1.29 is 4.79 Å². The Balaban J connectivity index is 2.54. The second-order valence-corrected chi connectivity index (χ2v) is 5.94. The molecule has 2 rings (SSSR count). The van der Waals surface area contributed by atoms with Crippen molar-refractivity contribution >= 4 is 49.6 Å². The van der Waals surface area contributed by atoms with E-state index < -0.39 is 0 Å². The van der Waals surface area contributed by atoms with Gasteiger partial charge in [-0.3, -0.25) is 20.1 Å². The van der Waals surface area contributed by atoms with Crippen molar-refractivity contribution in [1.82, 2.24) is 0 Å². The number of benzene rings is 2. The summed E-state index contributed by atoms with van der Waals surface area (Å²) in [7, 11) is 1.64. The van der Waals surface area contributed by atoms with E-state index in [1.807, 2.05) is 6.07 Å². The lowest BCUT2D eigenvalue weighted by Crippen LogP contribution is -2.32. The average molecular weight is 393 g/mol. The maximum atomic E-state index is 12.8. The molecule has 0 saturated heterocycles. The number of ketones is 1. The molecule has 0 spiro atoms. The van der Waals surface area contributed by atoms with Crippen molar-refractivity contribution in [2.75, 3.05) is 11.9 Å². The topological polar surface area (TPSA) is 56.5 Å². The van der Waals surface area contributed by atoms with Crippen molar-refractivity contribution in [3.8, 4) is 0 Å². The first-order valence-corrected chi connectivity index (χ1v) is 7.99. The van der Waals surface area contributed by atoms with Gasteiger partial charge in [-0.1, -0.05) is 23.7 Å². The zero-order valence-electron chi connectivity index (χ0n) is 12.7. The van der Waals surface area contributed by atoms with Gasteiger partial charge in [0.05, 0.1) is 5.69 Å². The van der Waals surface area contributed by atoms with Crippen molar-refractivity contribution in [3.05, 3.63) is 64.7 Å². The molecule has 0 amide bonds. The van der Waals surface area contributed by atoms with Gasteiger partial charge in [-0.25, -0.2) is 0 Å². The summed E-state index contributed by atoms with van der Waals surface area (Å²) in [4.78, 5) is 18.5. The standard InChI is InChI=1S/C17H15BrClN3O/c1-11(21-2)22(17(18)20)15-6-4-3-5-14(15)16(23)12-7-9-13(19)10-8-12/h3-10,20H,1-2H3. The number of aliphatic imine (C=N–C) groups is 1. The summed E-state index contributed by atoms with van der Waals surface area (Å²) in [6.45, 7) is 1.78. The number of hydrogen-bond acceptors (Lipinski definition) is 3. The number of nitrogens with one attached hydrogen (secondary N) is 1. The van der Waals surface area contributed by atoms with Crippen LogP contribution in [0.15, 0.2) is 53.5 Å². The number of carbonyl (C=O) groups excluding carboxylic acids is 1. The van der Waals surface area contributed by atoms with Gasteiger partial charge in [0.2, 0.25) is 0 Å². The lowest BCUT2D eigenvalue weighted by molar-refractivity contribution is 0.103. The van der Waals surface area contributed by atoms with E-state index in [0.717, 1.165) is 0 Å². The highest BCUT2D eigenvalue weighted by Gasteiger charge is 2.21. The number of rotatable bonds is 3. The number of carbonyl (C=O) groups is 1. The minimum absolute atomic E-state index is 0.108. The molecular formula is C17H15BrClN3O. The first kappa shape index (κ1) is 17.4. The zero-order chi connectivity index (χ0) is 17.0. The van der Waals surface area contributed by atoms with Gasteiger partial charge in [0.1, 0.15) is 5.84 Å². The summed E-state index contributed by atoms with van der Waals surface area (Å²) in [6.07, 6.45) is 0. The molecule has 0 aliphatic rings. The molecule has 2 aromatic carbocycles. The molecule has 0 radical (unpaired) electrons. The Kier molecular flexibility index (Phi) is 5.69. The second-order valence-electron chi connectivity index (χ2n) is 4.75. The molecule has 1 N–H and O–H groups in total. The molecule has 23 heavy (non-hydrogen) atoms. The number of halogens is 2. The number of nitrogens with zero attached hydrogens (tertiary/aromatic N) is 2. The van der Waals surface area contributed by atoms with Crippen molar-refractivity contribution in [1.29, 1.82) is 5.41 Å². The lowest BCUT2D eigenvalue weighted by atomic mass is 10.0. The summed E-state index contributed by atoms with van der Waals surface area (Å²) >= 11 is 9.04. The predicted molar refractivity (Wildman–Crippen MR) is 99.5 cm³/mol. The molecule has 118 valence electrons. The zero-order valence-corrected chi connectivity index (χ0v) is 15.0. The Hall–Kier alpha value is -1.98. The Morgan fingerprint density at radius 3 is 2.35 bits per heavy atom. The van der Waals surface area contributed by atoms with E-state index in [9.17, 15) is 4.79 Å². The van der Waals surface area contributed by atoms with Crippen LogP contribution < -0.4 is 4.90 Å². The minimum atomic E-state index is -0.139. The largest absolute Gasteiger partial charge is 0.289 e. The van der Waals surface area contributed by atoms with Crippen molar-refractivity contribution in [2.45, 2.75) is 6.92 Å². The number of anilines is 1. The molecule has 0 aliphatic carbocycles. The summed E-state index contributed by atoms with van der Waals surface area (Å²) in [5.41, 5.74) is 1.62. The molecule has 6 heteroatoms. The normalized spacial score (nSPS) is 11.2. The van der Waals surface area contributed by atoms with Crippen molar-refractivity contribution in [2.24, 2.45) is 4.99 Å². The van der Waals surface area contributed by atoms with E-state index in [4.69, 9.17) is 17.0 Å². The van der Waals surface area contributed by atoms with Crippen LogP contribution in [0.2, 0.25) is 5.02 Å². The first-order valence-electron chi connectivity index (χ1n) is 6.82. The number of hydrogen-bond donors (Lipinski definition) is 1. The number of amidine groups is 2. The van der Waals surface area contributed by atoms with Gasteiger partial charge in [0, 0.05) is 23.2 Å². The Morgan fingerprint density at radius 2 is 1.78 bits per heavy atom. The van der Waals surface area contributed by atoms with Gasteiger partial charge in [-0.05, 0) is 59.3 Å². The quantitative estimate of drug-likeness (QED) is 0.354. The summed E-state index contributed by atoms with van der Waals surface area (Å²) in [6, 6.07) is 13.9. The maximum Gasteiger partial charge on any atom is 0.195 e. The van der Waals surface area contributed by atoms with Crippen LogP contribution in [0.25, 0.3) is 0 Å². The third-order valence-electron chi connectivity index (χ3n) is 3.34. The van der Waals surface area contributed by atoms with E-state index in [1.165, 1.54) is 0 Å². The number of para-hydroxylation sites is 1. The molecule has 0 saturated carbocycles.